The van der Waals surface area contributed by atoms with Crippen LogP contribution in [0.1, 0.15) is 12.0 Å². The van der Waals surface area contributed by atoms with Gasteiger partial charge in [-0.05, 0) is 17.7 Å². The van der Waals surface area contributed by atoms with Gasteiger partial charge >= 0.3 is 0 Å². The number of amides is 3. The SMILES string of the molecule is O=C(CC1C(=O)NC(=O)/C1=C1\SCCN1Cc1ccccc1)Nc1ccccc1. The summed E-state index contributed by atoms with van der Waals surface area (Å²) in [7, 11) is 0. The summed E-state index contributed by atoms with van der Waals surface area (Å²) in [5.41, 5.74) is 2.21. The summed E-state index contributed by atoms with van der Waals surface area (Å²) in [5, 5.41) is 5.99. The van der Waals surface area contributed by atoms with E-state index in [1.807, 2.05) is 48.5 Å². The minimum Gasteiger partial charge on any atom is -0.361 e. The van der Waals surface area contributed by atoms with Crippen LogP contribution >= 0.6 is 11.8 Å². The van der Waals surface area contributed by atoms with Crippen molar-refractivity contribution in [3.8, 4) is 0 Å². The molecule has 6 nitrogen and oxygen atoms in total. The monoisotopic (exact) mass is 407 g/mol. The zero-order chi connectivity index (χ0) is 20.2. The normalized spacial score (nSPS) is 21.4. The third kappa shape index (κ3) is 4.35. The van der Waals surface area contributed by atoms with Gasteiger partial charge in [-0.2, -0.15) is 0 Å². The van der Waals surface area contributed by atoms with Crippen LogP contribution in [0.25, 0.3) is 0 Å². The van der Waals surface area contributed by atoms with Gasteiger partial charge in [-0.1, -0.05) is 48.5 Å². The molecule has 2 heterocycles. The van der Waals surface area contributed by atoms with Crippen molar-refractivity contribution in [2.24, 2.45) is 5.92 Å². The molecule has 2 N–H and O–H groups in total. The molecule has 0 bridgehead atoms. The van der Waals surface area contributed by atoms with Crippen LogP contribution in [-0.4, -0.2) is 34.9 Å². The van der Waals surface area contributed by atoms with Crippen molar-refractivity contribution in [3.05, 3.63) is 76.8 Å². The lowest BCUT2D eigenvalue weighted by Crippen LogP contribution is -2.25. The highest BCUT2D eigenvalue weighted by Crippen LogP contribution is 2.37. The lowest BCUT2D eigenvalue weighted by atomic mass is 9.97. The fourth-order valence-corrected chi connectivity index (χ4v) is 4.80. The Kier molecular flexibility index (Phi) is 5.67. The molecule has 2 aliphatic rings. The Morgan fingerprint density at radius 3 is 2.48 bits per heavy atom. The van der Waals surface area contributed by atoms with Crippen LogP contribution in [0.3, 0.4) is 0 Å². The summed E-state index contributed by atoms with van der Waals surface area (Å²) in [6.07, 6.45) is -0.0644. The second-order valence-electron chi connectivity index (χ2n) is 6.96. The quantitative estimate of drug-likeness (QED) is 0.589. The van der Waals surface area contributed by atoms with Gasteiger partial charge in [0.25, 0.3) is 5.91 Å². The molecule has 1 unspecified atom stereocenters. The van der Waals surface area contributed by atoms with Crippen LogP contribution in [-0.2, 0) is 20.9 Å². The van der Waals surface area contributed by atoms with Crippen molar-refractivity contribution in [2.45, 2.75) is 13.0 Å². The number of hydrogen-bond donors (Lipinski definition) is 2. The average molecular weight is 407 g/mol. The maximum Gasteiger partial charge on any atom is 0.257 e. The Morgan fingerprint density at radius 1 is 1.07 bits per heavy atom. The van der Waals surface area contributed by atoms with Gasteiger partial charge in [-0.25, -0.2) is 0 Å². The zero-order valence-corrected chi connectivity index (χ0v) is 16.6. The van der Waals surface area contributed by atoms with Gasteiger partial charge in [0.15, 0.2) is 0 Å². The van der Waals surface area contributed by atoms with Crippen molar-refractivity contribution in [1.82, 2.24) is 10.2 Å². The van der Waals surface area contributed by atoms with Crippen molar-refractivity contribution >= 4 is 35.2 Å². The molecule has 2 aliphatic heterocycles. The molecule has 0 saturated carbocycles. The number of anilines is 1. The summed E-state index contributed by atoms with van der Waals surface area (Å²) in [6, 6.07) is 19.1. The van der Waals surface area contributed by atoms with E-state index in [2.05, 4.69) is 15.5 Å². The number of rotatable bonds is 5. The van der Waals surface area contributed by atoms with Gasteiger partial charge < -0.3 is 10.2 Å². The Hall–Kier alpha value is -3.06. The maximum absolute atomic E-state index is 12.6. The van der Waals surface area contributed by atoms with Crippen LogP contribution in [0.2, 0.25) is 0 Å². The van der Waals surface area contributed by atoms with Gasteiger partial charge in [0.2, 0.25) is 11.8 Å². The van der Waals surface area contributed by atoms with Gasteiger partial charge in [-0.15, -0.1) is 11.8 Å². The molecule has 0 aromatic heterocycles. The number of carbonyl (C=O) groups excluding carboxylic acids is 3. The molecule has 148 valence electrons. The largest absolute Gasteiger partial charge is 0.361 e. The molecule has 3 amide bonds. The van der Waals surface area contributed by atoms with Crippen LogP contribution in [0.15, 0.2) is 71.3 Å². The molecule has 7 heteroatoms. The number of thioether (sulfide) groups is 1. The zero-order valence-electron chi connectivity index (χ0n) is 15.8. The maximum atomic E-state index is 12.6. The molecular weight excluding hydrogens is 386 g/mol. The highest BCUT2D eigenvalue weighted by Gasteiger charge is 2.42. The van der Waals surface area contributed by atoms with Crippen molar-refractivity contribution < 1.29 is 14.4 Å². The molecule has 29 heavy (non-hydrogen) atoms. The first-order valence-electron chi connectivity index (χ1n) is 9.48. The van der Waals surface area contributed by atoms with Crippen LogP contribution in [0.4, 0.5) is 5.69 Å². The molecule has 2 aromatic carbocycles. The summed E-state index contributed by atoms with van der Waals surface area (Å²) in [4.78, 5) is 39.6. The molecule has 0 spiro atoms. The molecule has 2 fully saturated rings. The van der Waals surface area contributed by atoms with Crippen LogP contribution < -0.4 is 10.6 Å². The first-order chi connectivity index (χ1) is 14.1. The van der Waals surface area contributed by atoms with E-state index >= 15 is 0 Å². The number of nitrogens with zero attached hydrogens (tertiary/aromatic N) is 1. The molecule has 2 aromatic rings. The van der Waals surface area contributed by atoms with E-state index in [1.165, 1.54) is 0 Å². The highest BCUT2D eigenvalue weighted by molar-refractivity contribution is 8.03. The van der Waals surface area contributed by atoms with Crippen molar-refractivity contribution in [1.29, 1.82) is 0 Å². The van der Waals surface area contributed by atoms with E-state index in [0.717, 1.165) is 22.9 Å². The fourth-order valence-electron chi connectivity index (χ4n) is 3.56. The second-order valence-corrected chi connectivity index (χ2v) is 8.05. The fraction of sp³-hybridized carbons (Fsp3) is 0.227. The standard InChI is InChI=1S/C22H21N3O3S/c26-18(23-16-9-5-2-6-10-16)13-17-19(21(28)24-20(17)27)22-25(11-12-29-22)14-15-7-3-1-4-8-15/h1-10,17H,11-14H2,(H,23,26)(H,24,27,28)/b22-19-. The van der Waals surface area contributed by atoms with E-state index in [-0.39, 0.29) is 12.3 Å². The van der Waals surface area contributed by atoms with Crippen LogP contribution in [0, 0.1) is 5.92 Å². The topological polar surface area (TPSA) is 78.5 Å². The molecule has 1 atom stereocenters. The molecule has 2 saturated heterocycles. The van der Waals surface area contributed by atoms with Gasteiger partial charge in [0.05, 0.1) is 16.5 Å². The van der Waals surface area contributed by atoms with E-state index < -0.39 is 17.7 Å². The first kappa shape index (κ1) is 19.3. The van der Waals surface area contributed by atoms with Gasteiger partial charge in [0, 0.05) is 31.0 Å². The summed E-state index contributed by atoms with van der Waals surface area (Å²) in [6.45, 7) is 1.46. The number of hydrogen-bond acceptors (Lipinski definition) is 5. The Morgan fingerprint density at radius 2 is 1.76 bits per heavy atom. The Bertz CT molecular complexity index is 960. The Balaban J connectivity index is 1.55. The Labute approximate surface area is 173 Å². The lowest BCUT2D eigenvalue weighted by Gasteiger charge is -2.22. The second kappa shape index (κ2) is 8.53. The average Bonchev–Trinajstić information content (AvgIpc) is 3.27. The molecular formula is C22H21N3O3S. The number of carbonyl (C=O) groups is 3. The lowest BCUT2D eigenvalue weighted by molar-refractivity contribution is -0.127. The minimum absolute atomic E-state index is 0.0644. The first-order valence-corrected chi connectivity index (χ1v) is 10.5. The summed E-state index contributed by atoms with van der Waals surface area (Å²) >= 11 is 1.57. The van der Waals surface area contributed by atoms with E-state index in [1.54, 1.807) is 23.9 Å². The van der Waals surface area contributed by atoms with E-state index in [0.29, 0.717) is 17.8 Å². The summed E-state index contributed by atoms with van der Waals surface area (Å²) in [5.74, 6) is -1.02. The van der Waals surface area contributed by atoms with E-state index in [9.17, 15) is 14.4 Å². The van der Waals surface area contributed by atoms with Crippen molar-refractivity contribution in [2.75, 3.05) is 17.6 Å². The predicted octanol–water partition coefficient (Wildman–Crippen LogP) is 2.75. The van der Waals surface area contributed by atoms with Gasteiger partial charge in [-0.3, -0.25) is 19.7 Å². The smallest absolute Gasteiger partial charge is 0.257 e. The van der Waals surface area contributed by atoms with Crippen molar-refractivity contribution in [3.63, 3.8) is 0 Å². The van der Waals surface area contributed by atoms with Crippen LogP contribution in [0.5, 0.6) is 0 Å². The molecule has 4 rings (SSSR count). The number of benzene rings is 2. The minimum atomic E-state index is -0.773. The number of para-hydroxylation sites is 1. The third-order valence-electron chi connectivity index (χ3n) is 4.93. The van der Waals surface area contributed by atoms with E-state index in [4.69, 9.17) is 0 Å². The summed E-state index contributed by atoms with van der Waals surface area (Å²) < 4.78 is 0. The third-order valence-corrected chi connectivity index (χ3v) is 6.07. The molecule has 0 aliphatic carbocycles. The number of imide groups is 1. The predicted molar refractivity (Wildman–Crippen MR) is 113 cm³/mol. The van der Waals surface area contributed by atoms with Gasteiger partial charge in [0.1, 0.15) is 0 Å². The molecule has 0 radical (unpaired) electrons. The highest BCUT2D eigenvalue weighted by atomic mass is 32.2. The number of nitrogens with one attached hydrogen (secondary N) is 2.